The highest BCUT2D eigenvalue weighted by Crippen LogP contribution is 2.38. The summed E-state index contributed by atoms with van der Waals surface area (Å²) < 4.78 is 0. The average molecular weight is 244 g/mol. The third-order valence-corrected chi connectivity index (χ3v) is 4.33. The number of rotatable bonds is 2. The minimum absolute atomic E-state index is 0.201. The molecule has 1 aromatic rings. The molecular weight excluding hydrogens is 224 g/mol. The van der Waals surface area contributed by atoms with Crippen LogP contribution in [0.1, 0.15) is 30.9 Å². The van der Waals surface area contributed by atoms with Crippen molar-refractivity contribution in [2.45, 2.75) is 32.7 Å². The van der Waals surface area contributed by atoms with Crippen molar-refractivity contribution < 1.29 is 4.79 Å². The number of amides is 1. The molecule has 0 aromatic heterocycles. The topological polar surface area (TPSA) is 46.3 Å². The van der Waals surface area contributed by atoms with Crippen LogP contribution in [0, 0.1) is 11.8 Å². The molecule has 0 radical (unpaired) electrons. The lowest BCUT2D eigenvalue weighted by Gasteiger charge is -2.31. The van der Waals surface area contributed by atoms with Gasteiger partial charge in [0.15, 0.2) is 0 Å². The summed E-state index contributed by atoms with van der Waals surface area (Å²) in [7, 11) is 0. The summed E-state index contributed by atoms with van der Waals surface area (Å²) in [6, 6.07) is 6.02. The van der Waals surface area contributed by atoms with Crippen LogP contribution < -0.4 is 5.73 Å². The Morgan fingerprint density at radius 3 is 2.94 bits per heavy atom. The van der Waals surface area contributed by atoms with Crippen molar-refractivity contribution in [3.05, 3.63) is 29.3 Å². The first-order valence-electron chi connectivity index (χ1n) is 6.82. The number of hydrogen-bond acceptors (Lipinski definition) is 2. The van der Waals surface area contributed by atoms with E-state index in [4.69, 9.17) is 5.73 Å². The summed E-state index contributed by atoms with van der Waals surface area (Å²) in [4.78, 5) is 14.4. The van der Waals surface area contributed by atoms with Crippen LogP contribution in [0.4, 0.5) is 5.69 Å². The molecule has 1 aliphatic heterocycles. The lowest BCUT2D eigenvalue weighted by molar-refractivity contribution is -0.136. The van der Waals surface area contributed by atoms with E-state index in [2.05, 4.69) is 13.0 Å². The van der Waals surface area contributed by atoms with Gasteiger partial charge >= 0.3 is 0 Å². The maximum atomic E-state index is 12.4. The standard InChI is InChI=1S/C15H20N2O/c1-10(11-5-6-11)15(18)17-8-7-13-12(9-17)3-2-4-14(13)16/h2-4,10-11H,5-9,16H2,1H3. The maximum absolute atomic E-state index is 12.4. The maximum Gasteiger partial charge on any atom is 0.225 e. The molecular formula is C15H20N2O. The SMILES string of the molecule is CC(C(=O)N1CCc2c(N)cccc2C1)C1CC1. The van der Waals surface area contributed by atoms with E-state index >= 15 is 0 Å². The number of carbonyl (C=O) groups is 1. The largest absolute Gasteiger partial charge is 0.398 e. The molecule has 3 nitrogen and oxygen atoms in total. The fraction of sp³-hybridized carbons (Fsp3) is 0.533. The van der Waals surface area contributed by atoms with E-state index in [-0.39, 0.29) is 5.92 Å². The van der Waals surface area contributed by atoms with Crippen molar-refractivity contribution in [2.24, 2.45) is 11.8 Å². The van der Waals surface area contributed by atoms with Gasteiger partial charge in [-0.25, -0.2) is 0 Å². The third-order valence-electron chi connectivity index (χ3n) is 4.33. The van der Waals surface area contributed by atoms with Gasteiger partial charge < -0.3 is 10.6 Å². The second kappa shape index (κ2) is 4.30. The molecule has 2 N–H and O–H groups in total. The van der Waals surface area contributed by atoms with Gasteiger partial charge in [0.2, 0.25) is 5.91 Å². The number of hydrogen-bond donors (Lipinski definition) is 1. The Labute approximate surface area is 108 Å². The molecule has 1 fully saturated rings. The zero-order valence-electron chi connectivity index (χ0n) is 10.9. The van der Waals surface area contributed by atoms with Crippen LogP contribution in [0.5, 0.6) is 0 Å². The summed E-state index contributed by atoms with van der Waals surface area (Å²) in [6.07, 6.45) is 3.35. The number of anilines is 1. The lowest BCUT2D eigenvalue weighted by Crippen LogP contribution is -2.39. The molecule has 1 saturated carbocycles. The summed E-state index contributed by atoms with van der Waals surface area (Å²) in [5, 5.41) is 0. The molecule has 2 aliphatic rings. The fourth-order valence-corrected chi connectivity index (χ4v) is 2.91. The van der Waals surface area contributed by atoms with Crippen LogP contribution in [0.25, 0.3) is 0 Å². The first kappa shape index (κ1) is 11.6. The zero-order valence-corrected chi connectivity index (χ0v) is 10.9. The molecule has 96 valence electrons. The van der Waals surface area contributed by atoms with E-state index in [1.165, 1.54) is 24.0 Å². The predicted molar refractivity (Wildman–Crippen MR) is 71.9 cm³/mol. The van der Waals surface area contributed by atoms with E-state index in [9.17, 15) is 4.79 Å². The van der Waals surface area contributed by atoms with Gasteiger partial charge in [0.05, 0.1) is 0 Å². The summed E-state index contributed by atoms with van der Waals surface area (Å²) in [5.74, 6) is 1.16. The Kier molecular flexibility index (Phi) is 2.77. The molecule has 0 spiro atoms. The summed E-state index contributed by atoms with van der Waals surface area (Å²) in [5.41, 5.74) is 9.30. The summed E-state index contributed by atoms with van der Waals surface area (Å²) >= 11 is 0. The van der Waals surface area contributed by atoms with Crippen LogP contribution in [-0.4, -0.2) is 17.4 Å². The number of nitrogen functional groups attached to an aromatic ring is 1. The highest BCUT2D eigenvalue weighted by molar-refractivity contribution is 5.79. The fourth-order valence-electron chi connectivity index (χ4n) is 2.91. The van der Waals surface area contributed by atoms with Gasteiger partial charge in [0.1, 0.15) is 0 Å². The van der Waals surface area contributed by atoms with Crippen molar-refractivity contribution in [3.63, 3.8) is 0 Å². The Morgan fingerprint density at radius 1 is 1.44 bits per heavy atom. The van der Waals surface area contributed by atoms with Crippen molar-refractivity contribution >= 4 is 11.6 Å². The van der Waals surface area contributed by atoms with E-state index < -0.39 is 0 Å². The second-order valence-corrected chi connectivity index (χ2v) is 5.62. The molecule has 1 aliphatic carbocycles. The van der Waals surface area contributed by atoms with Gasteiger partial charge in [0.25, 0.3) is 0 Å². The molecule has 0 bridgehead atoms. The normalized spacial score (nSPS) is 20.4. The van der Waals surface area contributed by atoms with Gasteiger partial charge in [0, 0.05) is 24.7 Å². The molecule has 1 unspecified atom stereocenters. The van der Waals surface area contributed by atoms with E-state index in [1.54, 1.807) is 0 Å². The molecule has 1 atom stereocenters. The lowest BCUT2D eigenvalue weighted by atomic mass is 9.96. The molecule has 0 saturated heterocycles. The van der Waals surface area contributed by atoms with E-state index in [0.717, 1.165) is 25.2 Å². The highest BCUT2D eigenvalue weighted by atomic mass is 16.2. The number of fused-ring (bicyclic) bond motifs is 1. The zero-order chi connectivity index (χ0) is 12.7. The monoisotopic (exact) mass is 244 g/mol. The molecule has 1 aromatic carbocycles. The minimum atomic E-state index is 0.201. The van der Waals surface area contributed by atoms with E-state index in [1.807, 2.05) is 17.0 Å². The number of nitrogens with zero attached hydrogens (tertiary/aromatic N) is 1. The smallest absolute Gasteiger partial charge is 0.225 e. The van der Waals surface area contributed by atoms with Gasteiger partial charge in [-0.15, -0.1) is 0 Å². The Balaban J connectivity index is 1.76. The van der Waals surface area contributed by atoms with Crippen LogP contribution in [0.2, 0.25) is 0 Å². The average Bonchev–Trinajstić information content (AvgIpc) is 3.21. The second-order valence-electron chi connectivity index (χ2n) is 5.62. The molecule has 1 heterocycles. The molecule has 18 heavy (non-hydrogen) atoms. The van der Waals surface area contributed by atoms with Gasteiger partial charge in [-0.2, -0.15) is 0 Å². The van der Waals surface area contributed by atoms with Crippen LogP contribution in [-0.2, 0) is 17.8 Å². The Bertz CT molecular complexity index is 479. The molecule has 3 rings (SSSR count). The Morgan fingerprint density at radius 2 is 2.22 bits per heavy atom. The van der Waals surface area contributed by atoms with Crippen LogP contribution >= 0.6 is 0 Å². The van der Waals surface area contributed by atoms with Crippen molar-refractivity contribution in [1.82, 2.24) is 4.90 Å². The van der Waals surface area contributed by atoms with Crippen LogP contribution in [0.3, 0.4) is 0 Å². The van der Waals surface area contributed by atoms with Gasteiger partial charge in [-0.3, -0.25) is 4.79 Å². The quantitative estimate of drug-likeness (QED) is 0.811. The highest BCUT2D eigenvalue weighted by Gasteiger charge is 2.35. The predicted octanol–water partition coefficient (Wildman–Crippen LogP) is 2.20. The number of nitrogens with two attached hydrogens (primary N) is 1. The molecule has 1 amide bonds. The summed E-state index contributed by atoms with van der Waals surface area (Å²) in [6.45, 7) is 3.63. The van der Waals surface area contributed by atoms with Crippen molar-refractivity contribution in [3.8, 4) is 0 Å². The molecule has 3 heteroatoms. The van der Waals surface area contributed by atoms with E-state index in [0.29, 0.717) is 11.8 Å². The Hall–Kier alpha value is -1.51. The first-order chi connectivity index (χ1) is 8.66. The number of carbonyl (C=O) groups excluding carboxylic acids is 1. The van der Waals surface area contributed by atoms with Crippen molar-refractivity contribution in [2.75, 3.05) is 12.3 Å². The minimum Gasteiger partial charge on any atom is -0.398 e. The number of benzene rings is 1. The van der Waals surface area contributed by atoms with Crippen LogP contribution in [0.15, 0.2) is 18.2 Å². The van der Waals surface area contributed by atoms with Crippen molar-refractivity contribution in [1.29, 1.82) is 0 Å². The third kappa shape index (κ3) is 1.98. The van der Waals surface area contributed by atoms with Gasteiger partial charge in [-0.1, -0.05) is 19.1 Å². The first-order valence-corrected chi connectivity index (χ1v) is 6.82. The van der Waals surface area contributed by atoms with Gasteiger partial charge in [-0.05, 0) is 42.4 Å².